The zero-order chi connectivity index (χ0) is 28.7. The average molecular weight is 558 g/mol. The van der Waals surface area contributed by atoms with Crippen LogP contribution < -0.4 is 16.0 Å². The highest BCUT2D eigenvalue weighted by Crippen LogP contribution is 2.28. The molecule has 220 valence electrons. The van der Waals surface area contributed by atoms with Crippen molar-refractivity contribution >= 4 is 23.9 Å². The minimum Gasteiger partial charge on any atom is -0.462 e. The lowest BCUT2D eigenvalue weighted by atomic mass is 9.84. The predicted octanol–water partition coefficient (Wildman–Crippen LogP) is 3.13. The number of cyclic esters (lactones) is 1. The van der Waals surface area contributed by atoms with Crippen LogP contribution in [0.15, 0.2) is 42.5 Å². The number of esters is 1. The van der Waals surface area contributed by atoms with E-state index in [0.29, 0.717) is 12.3 Å². The maximum atomic E-state index is 13.3. The van der Waals surface area contributed by atoms with Gasteiger partial charge in [0.2, 0.25) is 11.8 Å². The van der Waals surface area contributed by atoms with Gasteiger partial charge < -0.3 is 30.5 Å². The third-order valence-corrected chi connectivity index (χ3v) is 7.35. The van der Waals surface area contributed by atoms with Gasteiger partial charge in [0.15, 0.2) is 0 Å². The zero-order valence-corrected chi connectivity index (χ0v) is 23.3. The van der Waals surface area contributed by atoms with Gasteiger partial charge in [0, 0.05) is 12.5 Å². The van der Waals surface area contributed by atoms with E-state index in [0.717, 1.165) is 31.2 Å². The number of aliphatic hydroxyl groups is 1. The average Bonchev–Trinajstić information content (AvgIpc) is 2.95. The summed E-state index contributed by atoms with van der Waals surface area (Å²) in [5.41, 5.74) is 0.823. The summed E-state index contributed by atoms with van der Waals surface area (Å²) in [6.45, 7) is 1.53. The lowest BCUT2D eigenvalue weighted by Crippen LogP contribution is -2.47. The Labute approximate surface area is 236 Å². The van der Waals surface area contributed by atoms with Gasteiger partial charge in [-0.3, -0.25) is 9.59 Å². The number of allylic oxidation sites excluding steroid dienone is 1. The van der Waals surface area contributed by atoms with Crippen molar-refractivity contribution in [2.24, 2.45) is 11.8 Å². The second kappa shape index (κ2) is 16.6. The maximum absolute atomic E-state index is 13.3. The summed E-state index contributed by atoms with van der Waals surface area (Å²) in [4.78, 5) is 51.3. The lowest BCUT2D eigenvalue weighted by molar-refractivity contribution is -0.147. The van der Waals surface area contributed by atoms with Crippen molar-refractivity contribution in [1.29, 1.82) is 0 Å². The fourth-order valence-corrected chi connectivity index (χ4v) is 5.10. The number of hydrogen-bond acceptors (Lipinski definition) is 7. The van der Waals surface area contributed by atoms with Gasteiger partial charge in [-0.05, 0) is 37.7 Å². The quantitative estimate of drug-likeness (QED) is 0.270. The maximum Gasteiger partial charge on any atom is 0.408 e. The van der Waals surface area contributed by atoms with E-state index in [-0.39, 0.29) is 50.9 Å². The molecule has 1 aliphatic heterocycles. The number of rotatable bonds is 9. The van der Waals surface area contributed by atoms with Crippen LogP contribution in [-0.4, -0.2) is 60.3 Å². The summed E-state index contributed by atoms with van der Waals surface area (Å²) in [5.74, 6) is -1.40. The van der Waals surface area contributed by atoms with Gasteiger partial charge >= 0.3 is 12.1 Å². The topological polar surface area (TPSA) is 143 Å². The van der Waals surface area contributed by atoms with Gasteiger partial charge in [-0.25, -0.2) is 9.59 Å². The third-order valence-electron chi connectivity index (χ3n) is 7.35. The van der Waals surface area contributed by atoms with Crippen LogP contribution in [0.4, 0.5) is 4.79 Å². The molecule has 3 amide bonds. The molecule has 1 aromatic rings. The standard InChI is InChI=1S/C30H43N3O7/c1-21(18-34)31-27(35)17-24-14-8-9-15-26(33-30(38)40-19-23-12-6-3-7-13-23)29(37)39-20-25(32-28(24)36)16-22-10-4-2-5-11-22/h3,6-9,12-13,21-22,24-26,34H,2,4-5,10-11,14-20H2,1H3,(H,31,35)(H,32,36)(H,33,38)/t21-,24+,25-,26+/m0/s1. The van der Waals surface area contributed by atoms with Crippen LogP contribution in [0.1, 0.15) is 70.3 Å². The second-order valence-corrected chi connectivity index (χ2v) is 10.8. The highest BCUT2D eigenvalue weighted by Gasteiger charge is 2.29. The van der Waals surface area contributed by atoms with Crippen molar-refractivity contribution in [3.05, 3.63) is 48.0 Å². The van der Waals surface area contributed by atoms with Crippen molar-refractivity contribution in [2.45, 2.75) is 89.4 Å². The Morgan fingerprint density at radius 2 is 1.82 bits per heavy atom. The first kappa shape index (κ1) is 31.1. The minimum atomic E-state index is -0.961. The molecule has 1 aromatic carbocycles. The van der Waals surface area contributed by atoms with Gasteiger partial charge in [-0.2, -0.15) is 0 Å². The van der Waals surface area contributed by atoms with Gasteiger partial charge in [0.1, 0.15) is 19.3 Å². The molecule has 0 saturated heterocycles. The minimum absolute atomic E-state index is 0.0253. The van der Waals surface area contributed by atoms with Gasteiger partial charge in [-0.15, -0.1) is 0 Å². The molecule has 0 aromatic heterocycles. The van der Waals surface area contributed by atoms with Crippen LogP contribution in [0.25, 0.3) is 0 Å². The largest absolute Gasteiger partial charge is 0.462 e. The molecule has 4 N–H and O–H groups in total. The van der Waals surface area contributed by atoms with E-state index in [9.17, 15) is 24.3 Å². The molecule has 0 spiro atoms. The summed E-state index contributed by atoms with van der Waals surface area (Å²) < 4.78 is 10.9. The fraction of sp³-hybridized carbons (Fsp3) is 0.600. The smallest absolute Gasteiger partial charge is 0.408 e. The van der Waals surface area contributed by atoms with Crippen LogP contribution in [0.5, 0.6) is 0 Å². The Kier molecular flexibility index (Phi) is 13.0. The fourth-order valence-electron chi connectivity index (χ4n) is 5.10. The number of amides is 3. The highest BCUT2D eigenvalue weighted by molar-refractivity contribution is 5.86. The second-order valence-electron chi connectivity index (χ2n) is 10.8. The molecule has 10 nitrogen and oxygen atoms in total. The number of carbonyl (C=O) groups excluding carboxylic acids is 4. The Morgan fingerprint density at radius 1 is 1.10 bits per heavy atom. The number of alkyl carbamates (subject to hydrolysis) is 1. The normalized spacial score (nSPS) is 23.5. The van der Waals surface area contributed by atoms with E-state index in [1.807, 2.05) is 30.3 Å². The number of aliphatic hydroxyl groups excluding tert-OH is 1. The summed E-state index contributed by atoms with van der Waals surface area (Å²) >= 11 is 0. The number of hydrogen-bond donors (Lipinski definition) is 4. The lowest BCUT2D eigenvalue weighted by Gasteiger charge is -2.29. The zero-order valence-electron chi connectivity index (χ0n) is 23.3. The van der Waals surface area contributed by atoms with Crippen LogP contribution in [0.3, 0.4) is 0 Å². The Bertz CT molecular complexity index is 994. The van der Waals surface area contributed by atoms with Crippen LogP contribution >= 0.6 is 0 Å². The first-order valence-electron chi connectivity index (χ1n) is 14.3. The molecule has 40 heavy (non-hydrogen) atoms. The number of carbonyl (C=O) groups is 4. The SMILES string of the molecule is C[C@@H](CO)NC(=O)C[C@H]1CC=CC[C@@H](NC(=O)OCc2ccccc2)C(=O)OC[C@H](CC2CCCCC2)NC1=O. The predicted molar refractivity (Wildman–Crippen MR) is 149 cm³/mol. The molecule has 3 rings (SSSR count). The summed E-state index contributed by atoms with van der Waals surface area (Å²) in [6.07, 6.45) is 9.36. The van der Waals surface area contributed by atoms with Crippen LogP contribution in [0, 0.1) is 11.8 Å². The first-order chi connectivity index (χ1) is 19.3. The van der Waals surface area contributed by atoms with Crippen molar-refractivity contribution in [3.8, 4) is 0 Å². The molecule has 1 aliphatic carbocycles. The van der Waals surface area contributed by atoms with E-state index in [2.05, 4.69) is 16.0 Å². The van der Waals surface area contributed by atoms with Gasteiger partial charge in [0.05, 0.1) is 18.6 Å². The van der Waals surface area contributed by atoms with Gasteiger partial charge in [0.25, 0.3) is 0 Å². The summed E-state index contributed by atoms with van der Waals surface area (Å²) in [5, 5.41) is 17.6. The number of nitrogens with one attached hydrogen (secondary N) is 3. The van der Waals surface area contributed by atoms with E-state index < -0.39 is 36.1 Å². The molecule has 0 bridgehead atoms. The summed E-state index contributed by atoms with van der Waals surface area (Å²) in [7, 11) is 0. The molecule has 1 heterocycles. The van der Waals surface area contributed by atoms with Crippen molar-refractivity contribution in [3.63, 3.8) is 0 Å². The molecule has 0 radical (unpaired) electrons. The molecule has 1 saturated carbocycles. The van der Waals surface area contributed by atoms with E-state index in [4.69, 9.17) is 9.47 Å². The Morgan fingerprint density at radius 3 is 2.55 bits per heavy atom. The van der Waals surface area contributed by atoms with Crippen molar-refractivity contribution in [2.75, 3.05) is 13.2 Å². The number of benzene rings is 1. The van der Waals surface area contributed by atoms with Gasteiger partial charge in [-0.1, -0.05) is 74.6 Å². The molecule has 1 fully saturated rings. The van der Waals surface area contributed by atoms with E-state index in [1.54, 1.807) is 19.1 Å². The van der Waals surface area contributed by atoms with Crippen molar-refractivity contribution < 1.29 is 33.8 Å². The molecule has 4 atom stereocenters. The Balaban J connectivity index is 1.69. The monoisotopic (exact) mass is 557 g/mol. The van der Waals surface area contributed by atoms with E-state index >= 15 is 0 Å². The molecular weight excluding hydrogens is 514 g/mol. The molecule has 10 heteroatoms. The molecule has 2 aliphatic rings. The van der Waals surface area contributed by atoms with E-state index in [1.165, 1.54) is 6.42 Å². The van der Waals surface area contributed by atoms with Crippen LogP contribution in [-0.2, 0) is 30.5 Å². The number of ether oxygens (including phenoxy) is 2. The van der Waals surface area contributed by atoms with Crippen LogP contribution in [0.2, 0.25) is 0 Å². The molecule has 0 unspecified atom stereocenters. The molecular formula is C30H43N3O7. The third kappa shape index (κ3) is 11.0. The summed E-state index contributed by atoms with van der Waals surface area (Å²) in [6, 6.07) is 7.45. The van der Waals surface area contributed by atoms with Crippen molar-refractivity contribution in [1.82, 2.24) is 16.0 Å². The Hall–Kier alpha value is -3.40. The first-order valence-corrected chi connectivity index (χ1v) is 14.3. The highest BCUT2D eigenvalue weighted by atomic mass is 16.6.